The average molecular weight is 295 g/mol. The normalized spacial score (nSPS) is 15.6. The Bertz CT molecular complexity index is 486. The van der Waals surface area contributed by atoms with Crippen LogP contribution in [0.3, 0.4) is 0 Å². The van der Waals surface area contributed by atoms with Gasteiger partial charge in [0.25, 0.3) is 5.91 Å². The number of aliphatic carboxylic acids is 1. The first-order valence-corrected chi connectivity index (χ1v) is 7.64. The molecule has 1 aliphatic heterocycles. The van der Waals surface area contributed by atoms with Gasteiger partial charge in [0.2, 0.25) is 0 Å². The lowest BCUT2D eigenvalue weighted by atomic mass is 10.1. The molecule has 1 heterocycles. The van der Waals surface area contributed by atoms with Crippen molar-refractivity contribution in [3.05, 3.63) is 29.8 Å². The minimum atomic E-state index is -1.04. The Morgan fingerprint density at radius 2 is 2.10 bits per heavy atom. The molecule has 0 aliphatic carbocycles. The number of carboxylic acid groups (broad SMARTS) is 1. The molecule has 0 unspecified atom stereocenters. The molecule has 1 fully saturated rings. The van der Waals surface area contributed by atoms with Crippen LogP contribution < -0.4 is 10.1 Å². The van der Waals surface area contributed by atoms with E-state index in [1.807, 2.05) is 11.8 Å². The number of ether oxygens (including phenoxy) is 1. The highest BCUT2D eigenvalue weighted by molar-refractivity contribution is 7.99. The van der Waals surface area contributed by atoms with Crippen LogP contribution in [0.4, 0.5) is 0 Å². The van der Waals surface area contributed by atoms with E-state index in [0.717, 1.165) is 24.3 Å². The van der Waals surface area contributed by atoms with Crippen molar-refractivity contribution in [1.29, 1.82) is 0 Å². The van der Waals surface area contributed by atoms with Crippen molar-refractivity contribution in [3.63, 3.8) is 0 Å². The molecule has 0 aromatic heterocycles. The maximum Gasteiger partial charge on any atom is 0.341 e. The lowest BCUT2D eigenvalue weighted by molar-refractivity contribution is -0.139. The molecular formula is C14H17NO4S. The molecule has 2 rings (SSSR count). The van der Waals surface area contributed by atoms with E-state index < -0.39 is 12.6 Å². The van der Waals surface area contributed by atoms with E-state index in [0.29, 0.717) is 11.3 Å². The molecule has 0 atom stereocenters. The van der Waals surface area contributed by atoms with Gasteiger partial charge in [-0.25, -0.2) is 4.79 Å². The Morgan fingerprint density at radius 1 is 1.35 bits per heavy atom. The Kier molecular flexibility index (Phi) is 5.29. The third-order valence-electron chi connectivity index (χ3n) is 3.02. The van der Waals surface area contributed by atoms with Gasteiger partial charge in [-0.05, 0) is 42.5 Å². The smallest absolute Gasteiger partial charge is 0.341 e. The SMILES string of the molecule is O=C(O)COc1cccc(C(=O)NC2CCSCC2)c1. The third kappa shape index (κ3) is 4.45. The van der Waals surface area contributed by atoms with Gasteiger partial charge in [-0.2, -0.15) is 11.8 Å². The van der Waals surface area contributed by atoms with Crippen molar-refractivity contribution >= 4 is 23.6 Å². The van der Waals surface area contributed by atoms with E-state index in [1.165, 1.54) is 0 Å². The summed E-state index contributed by atoms with van der Waals surface area (Å²) in [4.78, 5) is 22.6. The molecule has 1 aromatic rings. The molecule has 0 bridgehead atoms. The first-order chi connectivity index (χ1) is 9.65. The van der Waals surface area contributed by atoms with E-state index in [-0.39, 0.29) is 11.9 Å². The maximum atomic E-state index is 12.1. The van der Waals surface area contributed by atoms with Crippen LogP contribution in [0, 0.1) is 0 Å². The number of amides is 1. The fourth-order valence-electron chi connectivity index (χ4n) is 1.98. The number of carboxylic acids is 1. The molecule has 1 amide bonds. The van der Waals surface area contributed by atoms with Gasteiger partial charge in [0.05, 0.1) is 0 Å². The standard InChI is InChI=1S/C14H17NO4S/c16-13(17)9-19-12-3-1-2-10(8-12)14(18)15-11-4-6-20-7-5-11/h1-3,8,11H,4-7,9H2,(H,15,18)(H,16,17). The van der Waals surface area contributed by atoms with Gasteiger partial charge in [0.15, 0.2) is 6.61 Å². The molecule has 108 valence electrons. The highest BCUT2D eigenvalue weighted by Gasteiger charge is 2.17. The summed E-state index contributed by atoms with van der Waals surface area (Å²) < 4.78 is 5.07. The largest absolute Gasteiger partial charge is 0.482 e. The van der Waals surface area contributed by atoms with Crippen molar-refractivity contribution in [2.75, 3.05) is 18.1 Å². The fraction of sp³-hybridized carbons (Fsp3) is 0.429. The molecular weight excluding hydrogens is 278 g/mol. The predicted octanol–water partition coefficient (Wildman–Crippen LogP) is 1.78. The number of nitrogens with one attached hydrogen (secondary N) is 1. The van der Waals surface area contributed by atoms with E-state index >= 15 is 0 Å². The van der Waals surface area contributed by atoms with Gasteiger partial charge in [-0.15, -0.1) is 0 Å². The first kappa shape index (κ1) is 14.7. The number of carbonyl (C=O) groups is 2. The average Bonchev–Trinajstić information content (AvgIpc) is 2.46. The number of carbonyl (C=O) groups excluding carboxylic acids is 1. The molecule has 0 spiro atoms. The van der Waals surface area contributed by atoms with Gasteiger partial charge >= 0.3 is 5.97 Å². The Hall–Kier alpha value is -1.69. The van der Waals surface area contributed by atoms with Crippen LogP contribution >= 0.6 is 11.8 Å². The Morgan fingerprint density at radius 3 is 2.80 bits per heavy atom. The van der Waals surface area contributed by atoms with Crippen molar-refractivity contribution in [1.82, 2.24) is 5.32 Å². The summed E-state index contributed by atoms with van der Waals surface area (Å²) in [7, 11) is 0. The van der Waals surface area contributed by atoms with Crippen molar-refractivity contribution in [2.45, 2.75) is 18.9 Å². The summed E-state index contributed by atoms with van der Waals surface area (Å²) >= 11 is 1.91. The zero-order valence-electron chi connectivity index (χ0n) is 11.0. The summed E-state index contributed by atoms with van der Waals surface area (Å²) in [5, 5.41) is 11.6. The van der Waals surface area contributed by atoms with E-state index in [9.17, 15) is 9.59 Å². The Labute approximate surface area is 121 Å². The second-order valence-corrected chi connectivity index (χ2v) is 5.80. The minimum absolute atomic E-state index is 0.136. The second kappa shape index (κ2) is 7.19. The number of hydrogen-bond acceptors (Lipinski definition) is 4. The van der Waals surface area contributed by atoms with E-state index in [2.05, 4.69) is 5.32 Å². The number of hydrogen-bond donors (Lipinski definition) is 2. The summed E-state index contributed by atoms with van der Waals surface area (Å²) in [6, 6.07) is 6.81. The van der Waals surface area contributed by atoms with E-state index in [4.69, 9.17) is 9.84 Å². The van der Waals surface area contributed by atoms with Gasteiger partial charge in [-0.3, -0.25) is 4.79 Å². The number of benzene rings is 1. The van der Waals surface area contributed by atoms with Crippen LogP contribution in [0.5, 0.6) is 5.75 Å². The topological polar surface area (TPSA) is 75.6 Å². The predicted molar refractivity (Wildman–Crippen MR) is 77.4 cm³/mol. The zero-order chi connectivity index (χ0) is 14.4. The third-order valence-corrected chi connectivity index (χ3v) is 4.06. The second-order valence-electron chi connectivity index (χ2n) is 4.57. The van der Waals surface area contributed by atoms with Crippen LogP contribution in [0.2, 0.25) is 0 Å². The van der Waals surface area contributed by atoms with Crippen LogP contribution in [-0.2, 0) is 4.79 Å². The Balaban J connectivity index is 1.94. The van der Waals surface area contributed by atoms with Gasteiger partial charge in [0, 0.05) is 11.6 Å². The quantitative estimate of drug-likeness (QED) is 0.866. The summed E-state index contributed by atoms with van der Waals surface area (Å²) in [5.41, 5.74) is 0.492. The van der Waals surface area contributed by atoms with Crippen LogP contribution in [-0.4, -0.2) is 41.1 Å². The molecule has 1 aliphatic rings. The van der Waals surface area contributed by atoms with Crippen LogP contribution in [0.1, 0.15) is 23.2 Å². The molecule has 1 saturated heterocycles. The van der Waals surface area contributed by atoms with Gasteiger partial charge < -0.3 is 15.2 Å². The first-order valence-electron chi connectivity index (χ1n) is 6.48. The van der Waals surface area contributed by atoms with Crippen molar-refractivity contribution in [2.24, 2.45) is 0 Å². The molecule has 20 heavy (non-hydrogen) atoms. The van der Waals surface area contributed by atoms with Crippen molar-refractivity contribution in [3.8, 4) is 5.75 Å². The summed E-state index contributed by atoms with van der Waals surface area (Å²) in [6.45, 7) is -0.412. The molecule has 1 aromatic carbocycles. The maximum absolute atomic E-state index is 12.1. The van der Waals surface area contributed by atoms with Crippen LogP contribution in [0.25, 0.3) is 0 Å². The lowest BCUT2D eigenvalue weighted by Gasteiger charge is -2.22. The molecule has 5 nitrogen and oxygen atoms in total. The van der Waals surface area contributed by atoms with Gasteiger partial charge in [-0.1, -0.05) is 6.07 Å². The fourth-order valence-corrected chi connectivity index (χ4v) is 3.09. The van der Waals surface area contributed by atoms with E-state index in [1.54, 1.807) is 24.3 Å². The number of rotatable bonds is 5. The molecule has 0 saturated carbocycles. The zero-order valence-corrected chi connectivity index (χ0v) is 11.8. The molecule has 6 heteroatoms. The molecule has 0 radical (unpaired) electrons. The summed E-state index contributed by atoms with van der Waals surface area (Å²) in [5.74, 6) is 1.36. The highest BCUT2D eigenvalue weighted by atomic mass is 32.2. The van der Waals surface area contributed by atoms with Gasteiger partial charge in [0.1, 0.15) is 5.75 Å². The monoisotopic (exact) mass is 295 g/mol. The highest BCUT2D eigenvalue weighted by Crippen LogP contribution is 2.18. The van der Waals surface area contributed by atoms with Crippen LogP contribution in [0.15, 0.2) is 24.3 Å². The number of thioether (sulfide) groups is 1. The summed E-state index contributed by atoms with van der Waals surface area (Å²) in [6.07, 6.45) is 1.98. The lowest BCUT2D eigenvalue weighted by Crippen LogP contribution is -2.37. The minimum Gasteiger partial charge on any atom is -0.482 e. The molecule has 2 N–H and O–H groups in total. The van der Waals surface area contributed by atoms with Crippen molar-refractivity contribution < 1.29 is 19.4 Å².